The molecule has 0 atom stereocenters. The molecule has 0 aliphatic carbocycles. The number of nitrogens with zero attached hydrogens (tertiary/aromatic N) is 3. The number of rotatable bonds is 3. The summed E-state index contributed by atoms with van der Waals surface area (Å²) in [6, 6.07) is 3.27. The summed E-state index contributed by atoms with van der Waals surface area (Å²) in [6.07, 6.45) is 0. The number of nitro groups is 1. The Morgan fingerprint density at radius 3 is 2.57 bits per heavy atom. The first-order chi connectivity index (χ1) is 10.7. The largest absolute Gasteiger partial charge is 1.00 e. The molecule has 8 heteroatoms. The average Bonchev–Trinajstić information content (AvgIpc) is 2.56. The van der Waals surface area contributed by atoms with E-state index >= 15 is 0 Å². The molecule has 4 aliphatic rings. The van der Waals surface area contributed by atoms with Crippen LogP contribution in [0.25, 0.3) is 0 Å². The standard InChI is InChI=1S/C15H20N3O4.ClH/c19-17(20)14-7-12(15-13(8-14)10-21-11-22-15)9-18-4-1-16(2-5-18)3-6-18;/h7-8H,1-6,9-11H2;1H/q+1;/p-1. The predicted molar refractivity (Wildman–Crippen MR) is 78.4 cm³/mol. The van der Waals surface area contributed by atoms with Gasteiger partial charge >= 0.3 is 0 Å². The average molecular weight is 342 g/mol. The SMILES string of the molecule is O=[N+]([O-])c1cc2c(c(C[N+]34CCN(CC3)CC4)c1)OCOC2.[Cl-]. The summed E-state index contributed by atoms with van der Waals surface area (Å²) in [5.41, 5.74) is 1.89. The van der Waals surface area contributed by atoms with Gasteiger partial charge < -0.3 is 26.4 Å². The van der Waals surface area contributed by atoms with Crippen molar-refractivity contribution in [1.82, 2.24) is 4.90 Å². The van der Waals surface area contributed by atoms with Crippen molar-refractivity contribution in [2.24, 2.45) is 0 Å². The molecule has 1 aromatic carbocycles. The van der Waals surface area contributed by atoms with Crippen molar-refractivity contribution in [2.45, 2.75) is 13.2 Å². The lowest BCUT2D eigenvalue weighted by Crippen LogP contribution is -3.00. The minimum absolute atomic E-state index is 0. The number of halogens is 1. The van der Waals surface area contributed by atoms with Crippen molar-refractivity contribution in [2.75, 3.05) is 46.1 Å². The van der Waals surface area contributed by atoms with Crippen molar-refractivity contribution < 1.29 is 31.3 Å². The summed E-state index contributed by atoms with van der Waals surface area (Å²) in [4.78, 5) is 13.4. The van der Waals surface area contributed by atoms with E-state index in [4.69, 9.17) is 9.47 Å². The van der Waals surface area contributed by atoms with Gasteiger partial charge in [0.1, 0.15) is 12.3 Å². The second kappa shape index (κ2) is 6.24. The monoisotopic (exact) mass is 341 g/mol. The third kappa shape index (κ3) is 3.01. The van der Waals surface area contributed by atoms with Gasteiger partial charge in [-0.15, -0.1) is 0 Å². The van der Waals surface area contributed by atoms with Crippen molar-refractivity contribution in [3.8, 4) is 5.75 Å². The summed E-state index contributed by atoms with van der Waals surface area (Å²) >= 11 is 0. The van der Waals surface area contributed by atoms with Gasteiger partial charge in [-0.2, -0.15) is 0 Å². The predicted octanol–water partition coefficient (Wildman–Crippen LogP) is -1.89. The first kappa shape index (κ1) is 16.4. The van der Waals surface area contributed by atoms with Gasteiger partial charge in [0.15, 0.2) is 6.79 Å². The first-order valence-electron chi connectivity index (χ1n) is 7.73. The molecule has 0 unspecified atom stereocenters. The highest BCUT2D eigenvalue weighted by molar-refractivity contribution is 5.50. The van der Waals surface area contributed by atoms with Gasteiger partial charge in [0.2, 0.25) is 0 Å². The topological polar surface area (TPSA) is 64.8 Å². The molecule has 0 N–H and O–H groups in total. The zero-order valence-corrected chi connectivity index (χ0v) is 13.6. The molecule has 0 radical (unpaired) electrons. The number of nitro benzene ring substituents is 1. The van der Waals surface area contributed by atoms with E-state index in [1.54, 1.807) is 12.1 Å². The molecular formula is C15H20ClN3O4. The Balaban J connectivity index is 0.00000156. The smallest absolute Gasteiger partial charge is 0.270 e. The van der Waals surface area contributed by atoms with Crippen LogP contribution < -0.4 is 17.1 Å². The Labute approximate surface area is 140 Å². The van der Waals surface area contributed by atoms with Crippen LogP contribution in [0.4, 0.5) is 5.69 Å². The maximum Gasteiger partial charge on any atom is 0.270 e. The Morgan fingerprint density at radius 1 is 1.22 bits per heavy atom. The van der Waals surface area contributed by atoms with Crippen LogP contribution in [0.3, 0.4) is 0 Å². The minimum Gasteiger partial charge on any atom is -1.00 e. The molecule has 2 bridgehead atoms. The van der Waals surface area contributed by atoms with Gasteiger partial charge in [-0.05, 0) is 0 Å². The Morgan fingerprint density at radius 2 is 1.91 bits per heavy atom. The lowest BCUT2D eigenvalue weighted by molar-refractivity contribution is -0.953. The number of quaternary nitrogens is 1. The highest BCUT2D eigenvalue weighted by Crippen LogP contribution is 2.35. The van der Waals surface area contributed by atoms with Crippen LogP contribution >= 0.6 is 0 Å². The quantitative estimate of drug-likeness (QED) is 0.365. The molecule has 0 spiro atoms. The van der Waals surface area contributed by atoms with Crippen LogP contribution in [0.5, 0.6) is 5.75 Å². The lowest BCUT2D eigenvalue weighted by Gasteiger charge is -2.50. The Kier molecular flexibility index (Phi) is 4.46. The number of fused-ring (bicyclic) bond motifs is 4. The lowest BCUT2D eigenvalue weighted by atomic mass is 10.0. The Bertz CT molecular complexity index is 603. The van der Waals surface area contributed by atoms with Crippen LogP contribution in [-0.4, -0.2) is 60.4 Å². The summed E-state index contributed by atoms with van der Waals surface area (Å²) in [5.74, 6) is 0.803. The second-order valence-corrected chi connectivity index (χ2v) is 6.47. The third-order valence-electron chi connectivity index (χ3n) is 5.16. The van der Waals surface area contributed by atoms with Crippen molar-refractivity contribution in [1.29, 1.82) is 0 Å². The molecule has 0 saturated carbocycles. The zero-order valence-electron chi connectivity index (χ0n) is 12.9. The number of ether oxygens (including phenoxy) is 2. The van der Waals surface area contributed by atoms with Gasteiger partial charge in [0, 0.05) is 37.3 Å². The fourth-order valence-electron chi connectivity index (χ4n) is 3.83. The van der Waals surface area contributed by atoms with Gasteiger partial charge in [0.05, 0.1) is 36.7 Å². The molecule has 3 saturated heterocycles. The molecule has 0 amide bonds. The van der Waals surface area contributed by atoms with Crippen molar-refractivity contribution in [3.05, 3.63) is 33.4 Å². The molecule has 7 nitrogen and oxygen atoms in total. The fraction of sp³-hybridized carbons (Fsp3) is 0.600. The highest BCUT2D eigenvalue weighted by atomic mass is 35.5. The molecule has 5 rings (SSSR count). The van der Waals surface area contributed by atoms with E-state index in [0.717, 1.165) is 67.2 Å². The molecule has 4 aliphatic heterocycles. The summed E-state index contributed by atoms with van der Waals surface area (Å²) in [7, 11) is 0. The van der Waals surface area contributed by atoms with E-state index in [9.17, 15) is 10.1 Å². The summed E-state index contributed by atoms with van der Waals surface area (Å²) in [6.45, 7) is 8.17. The molecule has 23 heavy (non-hydrogen) atoms. The number of non-ortho nitro benzene ring substituents is 1. The number of hydrogen-bond acceptors (Lipinski definition) is 5. The number of piperazine rings is 3. The van der Waals surface area contributed by atoms with Gasteiger partial charge in [0.25, 0.3) is 5.69 Å². The number of benzene rings is 1. The van der Waals surface area contributed by atoms with Crippen molar-refractivity contribution >= 4 is 5.69 Å². The molecule has 3 fully saturated rings. The maximum atomic E-state index is 11.2. The van der Waals surface area contributed by atoms with Crippen LogP contribution in [0.2, 0.25) is 0 Å². The van der Waals surface area contributed by atoms with E-state index in [-0.39, 0.29) is 29.8 Å². The number of hydrogen-bond donors (Lipinski definition) is 0. The van der Waals surface area contributed by atoms with Crippen LogP contribution in [-0.2, 0) is 17.9 Å². The molecule has 4 heterocycles. The fourth-order valence-corrected chi connectivity index (χ4v) is 3.83. The van der Waals surface area contributed by atoms with Gasteiger partial charge in [-0.25, -0.2) is 0 Å². The maximum absolute atomic E-state index is 11.2. The molecule has 126 valence electrons. The van der Waals surface area contributed by atoms with E-state index in [2.05, 4.69) is 4.90 Å². The highest BCUT2D eigenvalue weighted by Gasteiger charge is 2.39. The Hall–Kier alpha value is -1.41. The first-order valence-corrected chi connectivity index (χ1v) is 7.73. The summed E-state index contributed by atoms with van der Waals surface area (Å²) in [5, 5.41) is 11.2. The second-order valence-electron chi connectivity index (χ2n) is 6.47. The molecule has 1 aromatic rings. The van der Waals surface area contributed by atoms with E-state index in [1.165, 1.54) is 0 Å². The third-order valence-corrected chi connectivity index (χ3v) is 5.16. The van der Waals surface area contributed by atoms with Gasteiger partial charge in [-0.1, -0.05) is 0 Å². The van der Waals surface area contributed by atoms with E-state index in [0.29, 0.717) is 6.61 Å². The summed E-state index contributed by atoms with van der Waals surface area (Å²) < 4.78 is 12.0. The van der Waals surface area contributed by atoms with Crippen molar-refractivity contribution in [3.63, 3.8) is 0 Å². The van der Waals surface area contributed by atoms with Crippen LogP contribution in [0, 0.1) is 10.1 Å². The van der Waals surface area contributed by atoms with Crippen LogP contribution in [0.1, 0.15) is 11.1 Å². The minimum atomic E-state index is -0.327. The van der Waals surface area contributed by atoms with E-state index < -0.39 is 0 Å². The van der Waals surface area contributed by atoms with Gasteiger partial charge in [-0.3, -0.25) is 15.0 Å². The zero-order chi connectivity index (χ0) is 15.2. The normalized spacial score (nSPS) is 28.4. The molecular weight excluding hydrogens is 322 g/mol. The van der Waals surface area contributed by atoms with E-state index in [1.807, 2.05) is 0 Å². The molecule has 0 aromatic heterocycles. The van der Waals surface area contributed by atoms with Crippen LogP contribution in [0.15, 0.2) is 12.1 Å².